The van der Waals surface area contributed by atoms with Crippen LogP contribution in [0.5, 0.6) is 0 Å². The number of aromatic nitrogens is 1. The first-order chi connectivity index (χ1) is 10.1. The van der Waals surface area contributed by atoms with Gasteiger partial charge in [-0.2, -0.15) is 0 Å². The zero-order chi connectivity index (χ0) is 15.2. The first-order valence-electron chi connectivity index (χ1n) is 7.69. The van der Waals surface area contributed by atoms with E-state index in [1.165, 1.54) is 24.3 Å². The molecule has 1 unspecified atom stereocenters. The molecule has 1 aliphatic rings. The molecule has 0 saturated carbocycles. The highest BCUT2D eigenvalue weighted by Crippen LogP contribution is 2.26. The molecule has 120 valence electrons. The first kappa shape index (κ1) is 16.7. The molecule has 0 radical (unpaired) electrons. The van der Waals surface area contributed by atoms with Gasteiger partial charge in [0.15, 0.2) is 5.13 Å². The molecule has 0 amide bonds. The Morgan fingerprint density at radius 2 is 2.33 bits per heavy atom. The number of anilines is 1. The number of likely N-dealkylation sites (tertiary alicyclic amines) is 1. The molecule has 21 heavy (non-hydrogen) atoms. The molecule has 0 spiro atoms. The molecular formula is C15H28N4OS. The van der Waals surface area contributed by atoms with Gasteiger partial charge >= 0.3 is 0 Å². The normalized spacial score (nSPS) is 19.3. The van der Waals surface area contributed by atoms with Crippen LogP contribution < -0.4 is 10.2 Å². The molecule has 1 aromatic rings. The number of thiazole rings is 1. The van der Waals surface area contributed by atoms with Gasteiger partial charge in [-0.3, -0.25) is 0 Å². The Hall–Kier alpha value is -0.690. The monoisotopic (exact) mass is 312 g/mol. The third-order valence-electron chi connectivity index (χ3n) is 4.13. The van der Waals surface area contributed by atoms with Crippen molar-refractivity contribution >= 4 is 16.5 Å². The number of hydrogen-bond acceptors (Lipinski definition) is 6. The lowest BCUT2D eigenvalue weighted by molar-refractivity contribution is 0.199. The predicted molar refractivity (Wildman–Crippen MR) is 89.4 cm³/mol. The zero-order valence-electron chi connectivity index (χ0n) is 13.7. The van der Waals surface area contributed by atoms with Gasteiger partial charge in [0, 0.05) is 44.7 Å². The van der Waals surface area contributed by atoms with Crippen LogP contribution in [0.25, 0.3) is 0 Å². The summed E-state index contributed by atoms with van der Waals surface area (Å²) in [5.74, 6) is 0. The van der Waals surface area contributed by atoms with Crippen molar-refractivity contribution in [3.8, 4) is 0 Å². The summed E-state index contributed by atoms with van der Waals surface area (Å²) in [5, 5.41) is 4.53. The van der Waals surface area contributed by atoms with Gasteiger partial charge in [0.25, 0.3) is 0 Å². The van der Waals surface area contributed by atoms with Crippen LogP contribution in [-0.2, 0) is 11.3 Å². The average molecular weight is 312 g/mol. The van der Waals surface area contributed by atoms with Crippen molar-refractivity contribution in [3.63, 3.8) is 0 Å². The SMILES string of the molecule is COCCNCc1sc(N(C)CC2CCCN2C)nc1C. The number of nitrogens with zero attached hydrogens (tertiary/aromatic N) is 3. The van der Waals surface area contributed by atoms with Gasteiger partial charge in [-0.25, -0.2) is 4.98 Å². The maximum Gasteiger partial charge on any atom is 0.185 e. The number of methoxy groups -OCH3 is 1. The van der Waals surface area contributed by atoms with Gasteiger partial charge in [-0.1, -0.05) is 0 Å². The molecule has 1 fully saturated rings. The number of ether oxygens (including phenoxy) is 1. The fraction of sp³-hybridized carbons (Fsp3) is 0.800. The Kier molecular flexibility index (Phi) is 6.41. The highest BCUT2D eigenvalue weighted by Gasteiger charge is 2.23. The molecule has 6 heteroatoms. The molecule has 2 rings (SSSR count). The third-order valence-corrected chi connectivity index (χ3v) is 5.40. The fourth-order valence-corrected chi connectivity index (χ4v) is 3.72. The molecule has 0 bridgehead atoms. The number of aryl methyl sites for hydroxylation is 1. The van der Waals surface area contributed by atoms with Crippen molar-refractivity contribution in [2.75, 3.05) is 52.3 Å². The smallest absolute Gasteiger partial charge is 0.185 e. The van der Waals surface area contributed by atoms with Crippen molar-refractivity contribution in [1.82, 2.24) is 15.2 Å². The van der Waals surface area contributed by atoms with E-state index >= 15 is 0 Å². The van der Waals surface area contributed by atoms with E-state index in [0.29, 0.717) is 6.04 Å². The Bertz CT molecular complexity index is 437. The van der Waals surface area contributed by atoms with Crippen LogP contribution in [0.3, 0.4) is 0 Å². The maximum absolute atomic E-state index is 5.05. The number of nitrogens with one attached hydrogen (secondary N) is 1. The van der Waals surface area contributed by atoms with Crippen LogP contribution in [0, 0.1) is 6.92 Å². The third kappa shape index (κ3) is 4.64. The minimum atomic E-state index is 0.669. The summed E-state index contributed by atoms with van der Waals surface area (Å²) in [4.78, 5) is 10.8. The van der Waals surface area contributed by atoms with Crippen LogP contribution in [0.15, 0.2) is 0 Å². The van der Waals surface area contributed by atoms with Gasteiger partial charge < -0.3 is 19.9 Å². The van der Waals surface area contributed by atoms with Gasteiger partial charge in [0.05, 0.1) is 12.3 Å². The van der Waals surface area contributed by atoms with Crippen LogP contribution in [0.1, 0.15) is 23.4 Å². The lowest BCUT2D eigenvalue weighted by atomic mass is 10.2. The van der Waals surface area contributed by atoms with E-state index in [-0.39, 0.29) is 0 Å². The number of likely N-dealkylation sites (N-methyl/N-ethyl adjacent to an activating group) is 2. The van der Waals surface area contributed by atoms with E-state index in [2.05, 4.69) is 36.1 Å². The van der Waals surface area contributed by atoms with E-state index in [4.69, 9.17) is 9.72 Å². The molecular weight excluding hydrogens is 284 g/mol. The summed E-state index contributed by atoms with van der Waals surface area (Å²) in [6.07, 6.45) is 2.62. The summed E-state index contributed by atoms with van der Waals surface area (Å²) in [6.45, 7) is 6.90. The summed E-state index contributed by atoms with van der Waals surface area (Å²) in [7, 11) is 6.11. The molecule has 0 aliphatic carbocycles. The molecule has 5 nitrogen and oxygen atoms in total. The number of rotatable bonds is 8. The Balaban J connectivity index is 1.87. The van der Waals surface area contributed by atoms with E-state index in [1.54, 1.807) is 18.4 Å². The van der Waals surface area contributed by atoms with E-state index in [0.717, 1.165) is 37.1 Å². The standard InChI is InChI=1S/C15H28N4OS/c1-12-14(10-16-7-9-20-4)21-15(17-12)19(3)11-13-6-5-8-18(13)2/h13,16H,5-11H2,1-4H3. The van der Waals surface area contributed by atoms with Gasteiger partial charge in [-0.15, -0.1) is 11.3 Å². The van der Waals surface area contributed by atoms with Crippen molar-refractivity contribution in [2.24, 2.45) is 0 Å². The highest BCUT2D eigenvalue weighted by atomic mass is 32.1. The second-order valence-corrected chi connectivity index (χ2v) is 6.89. The van der Waals surface area contributed by atoms with Crippen LogP contribution in [0.4, 0.5) is 5.13 Å². The van der Waals surface area contributed by atoms with Crippen LogP contribution >= 0.6 is 11.3 Å². The van der Waals surface area contributed by atoms with Crippen molar-refractivity contribution < 1.29 is 4.74 Å². The van der Waals surface area contributed by atoms with Crippen molar-refractivity contribution in [2.45, 2.75) is 32.4 Å². The Morgan fingerprint density at radius 1 is 1.52 bits per heavy atom. The second-order valence-electron chi connectivity index (χ2n) is 5.83. The molecule has 1 atom stereocenters. The fourth-order valence-electron chi connectivity index (χ4n) is 2.72. The maximum atomic E-state index is 5.05. The molecule has 1 N–H and O–H groups in total. The van der Waals surface area contributed by atoms with Gasteiger partial charge in [-0.05, 0) is 33.4 Å². The lowest BCUT2D eigenvalue weighted by Crippen LogP contribution is -2.36. The molecule has 2 heterocycles. The second kappa shape index (κ2) is 8.08. The van der Waals surface area contributed by atoms with E-state index in [9.17, 15) is 0 Å². The summed E-state index contributed by atoms with van der Waals surface area (Å²) in [5.41, 5.74) is 1.14. The Labute approximate surface area is 132 Å². The highest BCUT2D eigenvalue weighted by molar-refractivity contribution is 7.15. The minimum absolute atomic E-state index is 0.669. The first-order valence-corrected chi connectivity index (χ1v) is 8.50. The predicted octanol–water partition coefficient (Wildman–Crippen LogP) is 1.72. The average Bonchev–Trinajstić information content (AvgIpc) is 3.02. The van der Waals surface area contributed by atoms with E-state index in [1.807, 2.05) is 0 Å². The summed E-state index contributed by atoms with van der Waals surface area (Å²) >= 11 is 1.80. The topological polar surface area (TPSA) is 40.6 Å². The zero-order valence-corrected chi connectivity index (χ0v) is 14.5. The van der Waals surface area contributed by atoms with Crippen molar-refractivity contribution in [3.05, 3.63) is 10.6 Å². The molecule has 1 aliphatic heterocycles. The summed E-state index contributed by atoms with van der Waals surface area (Å²) < 4.78 is 5.05. The van der Waals surface area contributed by atoms with Crippen molar-refractivity contribution in [1.29, 1.82) is 0 Å². The minimum Gasteiger partial charge on any atom is -0.383 e. The van der Waals surface area contributed by atoms with Gasteiger partial charge in [0.2, 0.25) is 0 Å². The Morgan fingerprint density at radius 3 is 3.00 bits per heavy atom. The molecule has 0 aromatic carbocycles. The van der Waals surface area contributed by atoms with Gasteiger partial charge in [0.1, 0.15) is 0 Å². The van der Waals surface area contributed by atoms with E-state index < -0.39 is 0 Å². The van der Waals surface area contributed by atoms with Crippen LogP contribution in [0.2, 0.25) is 0 Å². The lowest BCUT2D eigenvalue weighted by Gasteiger charge is -2.25. The molecule has 1 aromatic heterocycles. The molecule has 1 saturated heterocycles. The number of hydrogen-bond donors (Lipinski definition) is 1. The van der Waals surface area contributed by atoms with Crippen LogP contribution in [-0.4, -0.2) is 63.4 Å². The largest absolute Gasteiger partial charge is 0.383 e. The summed E-state index contributed by atoms with van der Waals surface area (Å²) in [6, 6.07) is 0.669. The quantitative estimate of drug-likeness (QED) is 0.740.